The third-order valence-electron chi connectivity index (χ3n) is 1.67. The molecule has 0 aromatic carbocycles. The highest BCUT2D eigenvalue weighted by molar-refractivity contribution is 5.70. The highest BCUT2D eigenvalue weighted by atomic mass is 16.1. The van der Waals surface area contributed by atoms with Crippen LogP contribution < -0.4 is 0 Å². The molecule has 1 aromatic rings. The quantitative estimate of drug-likeness (QED) is 0.490. The smallest absolute Gasteiger partial charge is 0.171 e. The fourth-order valence-corrected chi connectivity index (χ4v) is 1.00. The van der Waals surface area contributed by atoms with Crippen molar-refractivity contribution in [2.24, 2.45) is 0 Å². The van der Waals surface area contributed by atoms with Crippen LogP contribution in [0.25, 0.3) is 0 Å². The number of aromatic nitrogens is 3. The van der Waals surface area contributed by atoms with E-state index in [9.17, 15) is 4.79 Å². The number of hydrogen-bond donors (Lipinski definition) is 0. The van der Waals surface area contributed by atoms with E-state index in [1.165, 1.54) is 12.8 Å². The van der Waals surface area contributed by atoms with Crippen LogP contribution in [-0.2, 0) is 6.54 Å². The molecule has 0 aliphatic rings. The Morgan fingerprint density at radius 3 is 3.00 bits per heavy atom. The lowest BCUT2D eigenvalue weighted by atomic mass is 10.2. The van der Waals surface area contributed by atoms with Crippen molar-refractivity contribution in [2.75, 3.05) is 0 Å². The minimum atomic E-state index is 0.409. The zero-order chi connectivity index (χ0) is 8.81. The molecule has 0 fully saturated rings. The van der Waals surface area contributed by atoms with Crippen LogP contribution in [0.5, 0.6) is 0 Å². The van der Waals surface area contributed by atoms with Gasteiger partial charge in [0.15, 0.2) is 6.29 Å². The predicted molar refractivity (Wildman–Crippen MR) is 44.9 cm³/mol. The first kappa shape index (κ1) is 8.90. The molecule has 1 aromatic heterocycles. The first-order chi connectivity index (χ1) is 5.86. The fraction of sp³-hybridized carbons (Fsp3) is 0.625. The SMILES string of the molecule is CCCCCn1cc(C=O)nn1. The lowest BCUT2D eigenvalue weighted by Gasteiger charge is -1.96. The zero-order valence-electron chi connectivity index (χ0n) is 7.23. The summed E-state index contributed by atoms with van der Waals surface area (Å²) in [7, 11) is 0. The van der Waals surface area contributed by atoms with Gasteiger partial charge in [-0.05, 0) is 6.42 Å². The molecule has 1 heterocycles. The molecular weight excluding hydrogens is 154 g/mol. The summed E-state index contributed by atoms with van der Waals surface area (Å²) in [5.41, 5.74) is 0.409. The van der Waals surface area contributed by atoms with E-state index in [-0.39, 0.29) is 0 Å². The van der Waals surface area contributed by atoms with Crippen molar-refractivity contribution in [3.8, 4) is 0 Å². The Morgan fingerprint density at radius 1 is 1.58 bits per heavy atom. The second-order valence-electron chi connectivity index (χ2n) is 2.73. The van der Waals surface area contributed by atoms with E-state index in [1.54, 1.807) is 10.9 Å². The Bertz CT molecular complexity index is 244. The van der Waals surface area contributed by atoms with Crippen molar-refractivity contribution in [3.05, 3.63) is 11.9 Å². The summed E-state index contributed by atoms with van der Waals surface area (Å²) in [5, 5.41) is 7.45. The molecule has 4 nitrogen and oxygen atoms in total. The van der Waals surface area contributed by atoms with E-state index in [0.29, 0.717) is 12.0 Å². The van der Waals surface area contributed by atoms with Gasteiger partial charge < -0.3 is 0 Å². The van der Waals surface area contributed by atoms with Crippen molar-refractivity contribution in [2.45, 2.75) is 32.7 Å². The van der Waals surface area contributed by atoms with E-state index >= 15 is 0 Å². The van der Waals surface area contributed by atoms with Crippen molar-refractivity contribution in [1.29, 1.82) is 0 Å². The normalized spacial score (nSPS) is 10.1. The van der Waals surface area contributed by atoms with Gasteiger partial charge in [-0.2, -0.15) is 0 Å². The monoisotopic (exact) mass is 167 g/mol. The lowest BCUT2D eigenvalue weighted by molar-refractivity contribution is 0.111. The zero-order valence-corrected chi connectivity index (χ0v) is 7.23. The van der Waals surface area contributed by atoms with E-state index in [0.717, 1.165) is 13.0 Å². The Labute approximate surface area is 71.6 Å². The van der Waals surface area contributed by atoms with Crippen LogP contribution >= 0.6 is 0 Å². The second-order valence-corrected chi connectivity index (χ2v) is 2.73. The van der Waals surface area contributed by atoms with Gasteiger partial charge in [-0.25, -0.2) is 0 Å². The summed E-state index contributed by atoms with van der Waals surface area (Å²) >= 11 is 0. The summed E-state index contributed by atoms with van der Waals surface area (Å²) < 4.78 is 1.71. The minimum Gasteiger partial charge on any atom is -0.296 e. The minimum absolute atomic E-state index is 0.409. The molecule has 4 heteroatoms. The molecule has 0 aliphatic carbocycles. The number of hydrogen-bond acceptors (Lipinski definition) is 3. The van der Waals surface area contributed by atoms with Gasteiger partial charge in [0.25, 0.3) is 0 Å². The van der Waals surface area contributed by atoms with Crippen LogP contribution in [0.2, 0.25) is 0 Å². The van der Waals surface area contributed by atoms with Crippen molar-refractivity contribution in [1.82, 2.24) is 15.0 Å². The third kappa shape index (κ3) is 2.45. The number of carbonyl (C=O) groups excluding carboxylic acids is 1. The lowest BCUT2D eigenvalue weighted by Crippen LogP contribution is -1.98. The van der Waals surface area contributed by atoms with Crippen LogP contribution in [0.4, 0.5) is 0 Å². The molecular formula is C8H13N3O. The first-order valence-corrected chi connectivity index (χ1v) is 4.22. The average molecular weight is 167 g/mol. The molecule has 0 amide bonds. The molecule has 0 atom stereocenters. The summed E-state index contributed by atoms with van der Waals surface area (Å²) in [6, 6.07) is 0. The number of aryl methyl sites for hydroxylation is 1. The highest BCUT2D eigenvalue weighted by Gasteiger charge is 1.96. The summed E-state index contributed by atoms with van der Waals surface area (Å²) in [4.78, 5) is 10.2. The molecule has 0 bridgehead atoms. The van der Waals surface area contributed by atoms with E-state index in [2.05, 4.69) is 17.2 Å². The van der Waals surface area contributed by atoms with Crippen LogP contribution in [0.1, 0.15) is 36.7 Å². The average Bonchev–Trinajstić information content (AvgIpc) is 2.53. The van der Waals surface area contributed by atoms with Gasteiger partial charge in [0, 0.05) is 6.54 Å². The van der Waals surface area contributed by atoms with Crippen LogP contribution in [0.3, 0.4) is 0 Å². The van der Waals surface area contributed by atoms with E-state index < -0.39 is 0 Å². The molecule has 66 valence electrons. The molecule has 12 heavy (non-hydrogen) atoms. The standard InChI is InChI=1S/C8H13N3O/c1-2-3-4-5-11-6-8(7-12)9-10-11/h6-7H,2-5H2,1H3. The topological polar surface area (TPSA) is 47.8 Å². The molecule has 0 spiro atoms. The summed E-state index contributed by atoms with van der Waals surface area (Å²) in [6.45, 7) is 3.01. The number of unbranched alkanes of at least 4 members (excludes halogenated alkanes) is 2. The van der Waals surface area contributed by atoms with Gasteiger partial charge in [-0.1, -0.05) is 25.0 Å². The Balaban J connectivity index is 2.36. The van der Waals surface area contributed by atoms with Crippen LogP contribution in [-0.4, -0.2) is 21.3 Å². The fourth-order valence-electron chi connectivity index (χ4n) is 1.00. The van der Waals surface area contributed by atoms with E-state index in [4.69, 9.17) is 0 Å². The van der Waals surface area contributed by atoms with Crippen molar-refractivity contribution in [3.63, 3.8) is 0 Å². The Morgan fingerprint density at radius 2 is 2.42 bits per heavy atom. The van der Waals surface area contributed by atoms with Gasteiger partial charge in [0.1, 0.15) is 5.69 Å². The van der Waals surface area contributed by atoms with E-state index in [1.807, 2.05) is 0 Å². The summed E-state index contributed by atoms with van der Waals surface area (Å²) in [5.74, 6) is 0. The van der Waals surface area contributed by atoms with Gasteiger partial charge in [0.2, 0.25) is 0 Å². The van der Waals surface area contributed by atoms with Gasteiger partial charge in [0.05, 0.1) is 6.20 Å². The molecule has 0 saturated carbocycles. The van der Waals surface area contributed by atoms with Gasteiger partial charge in [-0.3, -0.25) is 9.48 Å². The first-order valence-electron chi connectivity index (χ1n) is 4.22. The number of rotatable bonds is 5. The van der Waals surface area contributed by atoms with Crippen LogP contribution in [0, 0.1) is 0 Å². The number of nitrogens with zero attached hydrogens (tertiary/aromatic N) is 3. The second kappa shape index (κ2) is 4.64. The molecule has 0 N–H and O–H groups in total. The molecule has 0 aliphatic heterocycles. The third-order valence-corrected chi connectivity index (χ3v) is 1.67. The molecule has 0 radical (unpaired) electrons. The molecule has 1 rings (SSSR count). The maximum absolute atomic E-state index is 10.2. The maximum atomic E-state index is 10.2. The number of carbonyl (C=O) groups is 1. The van der Waals surface area contributed by atoms with Crippen molar-refractivity contribution < 1.29 is 4.79 Å². The van der Waals surface area contributed by atoms with Crippen molar-refractivity contribution >= 4 is 6.29 Å². The van der Waals surface area contributed by atoms with Gasteiger partial charge >= 0.3 is 0 Å². The number of aldehydes is 1. The summed E-state index contributed by atoms with van der Waals surface area (Å²) in [6.07, 6.45) is 5.86. The highest BCUT2D eigenvalue weighted by Crippen LogP contribution is 1.97. The Hall–Kier alpha value is -1.19. The maximum Gasteiger partial charge on any atom is 0.171 e. The predicted octanol–water partition coefficient (Wildman–Crippen LogP) is 1.28. The van der Waals surface area contributed by atoms with Crippen LogP contribution in [0.15, 0.2) is 6.20 Å². The Kier molecular flexibility index (Phi) is 3.44. The van der Waals surface area contributed by atoms with Gasteiger partial charge in [-0.15, -0.1) is 5.10 Å². The largest absolute Gasteiger partial charge is 0.296 e. The molecule has 0 saturated heterocycles. The molecule has 0 unspecified atom stereocenters.